The zero-order valence-corrected chi connectivity index (χ0v) is 20.9. The fourth-order valence-electron chi connectivity index (χ4n) is 4.47. The van der Waals surface area contributed by atoms with Gasteiger partial charge in [-0.25, -0.2) is 14.6 Å². The molecule has 1 aliphatic heterocycles. The minimum absolute atomic E-state index is 0.00407. The van der Waals surface area contributed by atoms with Gasteiger partial charge in [-0.2, -0.15) is 13.2 Å². The number of rotatable bonds is 6. The predicted molar refractivity (Wildman–Crippen MR) is 137 cm³/mol. The Kier molecular flexibility index (Phi) is 7.05. The van der Waals surface area contributed by atoms with E-state index in [-0.39, 0.29) is 11.8 Å². The van der Waals surface area contributed by atoms with E-state index in [0.29, 0.717) is 35.6 Å². The van der Waals surface area contributed by atoms with E-state index in [1.165, 1.54) is 28.0 Å². The van der Waals surface area contributed by atoms with E-state index >= 15 is 0 Å². The lowest BCUT2D eigenvalue weighted by Crippen LogP contribution is -2.43. The molecule has 37 heavy (non-hydrogen) atoms. The summed E-state index contributed by atoms with van der Waals surface area (Å²) in [5, 5.41) is 8.17. The standard InChI is InChI=1S/C26H25F3N6OS/c1-37-21-10-4-17(5-11-21)13-30-25(36)18-3-2-12-34(14-18)24-22-15-35(33-23(22)31-16-32-24)20-8-6-19(7-9-20)26(27,28)29/h4-11,15-16,18H,2-3,12-14H2,1H3,(H,30,36)/t18-/m1/s1. The highest BCUT2D eigenvalue weighted by Gasteiger charge is 2.30. The van der Waals surface area contributed by atoms with Gasteiger partial charge in [-0.3, -0.25) is 4.79 Å². The summed E-state index contributed by atoms with van der Waals surface area (Å²) in [5.41, 5.74) is 1.25. The maximum atomic E-state index is 13.0. The van der Waals surface area contributed by atoms with Gasteiger partial charge in [0.05, 0.1) is 22.6 Å². The van der Waals surface area contributed by atoms with Gasteiger partial charge < -0.3 is 10.2 Å². The van der Waals surface area contributed by atoms with Crippen molar-refractivity contribution in [2.24, 2.45) is 5.92 Å². The first-order valence-electron chi connectivity index (χ1n) is 11.9. The normalized spacial score (nSPS) is 16.2. The second kappa shape index (κ2) is 10.4. The number of hydrogen-bond donors (Lipinski definition) is 1. The molecule has 1 aliphatic rings. The van der Waals surface area contributed by atoms with Crippen molar-refractivity contribution < 1.29 is 18.0 Å². The van der Waals surface area contributed by atoms with E-state index in [1.54, 1.807) is 18.0 Å². The van der Waals surface area contributed by atoms with Crippen LogP contribution in [0.2, 0.25) is 0 Å². The Balaban J connectivity index is 1.30. The molecule has 2 aromatic heterocycles. The van der Waals surface area contributed by atoms with E-state index in [0.717, 1.165) is 37.1 Å². The van der Waals surface area contributed by atoms with Crippen LogP contribution in [0.1, 0.15) is 24.0 Å². The molecule has 1 amide bonds. The van der Waals surface area contributed by atoms with Crippen LogP contribution in [0.25, 0.3) is 16.7 Å². The quantitative estimate of drug-likeness (QED) is 0.353. The van der Waals surface area contributed by atoms with Crippen molar-refractivity contribution in [1.82, 2.24) is 25.1 Å². The van der Waals surface area contributed by atoms with Gasteiger partial charge in [0, 0.05) is 30.7 Å². The molecule has 7 nitrogen and oxygen atoms in total. The summed E-state index contributed by atoms with van der Waals surface area (Å²) in [6.45, 7) is 1.72. The zero-order valence-electron chi connectivity index (χ0n) is 20.1. The number of piperidine rings is 1. The van der Waals surface area contributed by atoms with E-state index in [1.807, 2.05) is 30.5 Å². The molecule has 11 heteroatoms. The molecule has 1 fully saturated rings. The summed E-state index contributed by atoms with van der Waals surface area (Å²) in [4.78, 5) is 24.9. The number of aromatic nitrogens is 4. The first-order valence-corrected chi connectivity index (χ1v) is 13.1. The number of anilines is 1. The van der Waals surface area contributed by atoms with Crippen molar-refractivity contribution in [3.8, 4) is 5.69 Å². The fraction of sp³-hybridized carbons (Fsp3) is 0.308. The van der Waals surface area contributed by atoms with Crippen LogP contribution in [0.3, 0.4) is 0 Å². The van der Waals surface area contributed by atoms with Crippen molar-refractivity contribution in [2.75, 3.05) is 24.2 Å². The summed E-state index contributed by atoms with van der Waals surface area (Å²) >= 11 is 1.67. The smallest absolute Gasteiger partial charge is 0.355 e. The highest BCUT2D eigenvalue weighted by Crippen LogP contribution is 2.31. The van der Waals surface area contributed by atoms with Crippen LogP contribution >= 0.6 is 11.8 Å². The molecule has 3 heterocycles. The summed E-state index contributed by atoms with van der Waals surface area (Å²) in [6, 6.07) is 12.9. The summed E-state index contributed by atoms with van der Waals surface area (Å²) < 4.78 is 40.3. The van der Waals surface area contributed by atoms with Gasteiger partial charge in [-0.05, 0) is 61.1 Å². The molecular formula is C26H25F3N6OS. The molecule has 5 rings (SSSR count). The topological polar surface area (TPSA) is 75.9 Å². The number of amides is 1. The number of fused-ring (bicyclic) bond motifs is 1. The Morgan fingerprint density at radius 1 is 1.11 bits per heavy atom. The minimum Gasteiger partial charge on any atom is -0.355 e. The van der Waals surface area contributed by atoms with E-state index < -0.39 is 11.7 Å². The summed E-state index contributed by atoms with van der Waals surface area (Å²) in [7, 11) is 0. The number of benzene rings is 2. The molecule has 0 bridgehead atoms. The number of hydrogen-bond acceptors (Lipinski definition) is 6. The average molecular weight is 527 g/mol. The van der Waals surface area contributed by atoms with Crippen LogP contribution in [-0.2, 0) is 17.5 Å². The second-order valence-corrected chi connectivity index (χ2v) is 9.78. The van der Waals surface area contributed by atoms with Gasteiger partial charge in [-0.1, -0.05) is 12.1 Å². The first kappa shape index (κ1) is 25.1. The van der Waals surface area contributed by atoms with Crippen LogP contribution in [0.5, 0.6) is 0 Å². The first-order chi connectivity index (χ1) is 17.8. The molecule has 4 aromatic rings. The molecule has 0 radical (unpaired) electrons. The second-order valence-electron chi connectivity index (χ2n) is 8.90. The van der Waals surface area contributed by atoms with Crippen molar-refractivity contribution in [3.63, 3.8) is 0 Å². The molecule has 0 unspecified atom stereocenters. The molecule has 1 saturated heterocycles. The molecule has 1 N–H and O–H groups in total. The predicted octanol–water partition coefficient (Wildman–Crippen LogP) is 5.09. The number of nitrogens with zero attached hydrogens (tertiary/aromatic N) is 5. The van der Waals surface area contributed by atoms with Crippen LogP contribution in [0, 0.1) is 5.92 Å². The van der Waals surface area contributed by atoms with E-state index in [2.05, 4.69) is 25.3 Å². The Bertz CT molecular complexity index is 1390. The van der Waals surface area contributed by atoms with Crippen molar-refractivity contribution in [1.29, 1.82) is 0 Å². The van der Waals surface area contributed by atoms with Crippen molar-refractivity contribution in [3.05, 3.63) is 72.2 Å². The average Bonchev–Trinajstić information content (AvgIpc) is 3.36. The van der Waals surface area contributed by atoms with Gasteiger partial charge in [0.15, 0.2) is 5.65 Å². The maximum Gasteiger partial charge on any atom is 0.416 e. The lowest BCUT2D eigenvalue weighted by Gasteiger charge is -2.33. The third-order valence-corrected chi connectivity index (χ3v) is 7.22. The molecule has 0 spiro atoms. The Labute approximate surface area is 216 Å². The molecule has 2 aromatic carbocycles. The highest BCUT2D eigenvalue weighted by atomic mass is 32.2. The van der Waals surface area contributed by atoms with Gasteiger partial charge >= 0.3 is 6.18 Å². The lowest BCUT2D eigenvalue weighted by molar-refractivity contribution is -0.137. The van der Waals surface area contributed by atoms with Gasteiger partial charge in [-0.15, -0.1) is 16.9 Å². The van der Waals surface area contributed by atoms with Crippen LogP contribution in [-0.4, -0.2) is 45.0 Å². The largest absolute Gasteiger partial charge is 0.416 e. The van der Waals surface area contributed by atoms with Crippen LogP contribution < -0.4 is 10.2 Å². The van der Waals surface area contributed by atoms with Crippen LogP contribution in [0.15, 0.2) is 66.0 Å². The number of carbonyl (C=O) groups excluding carboxylic acids is 1. The van der Waals surface area contributed by atoms with E-state index in [4.69, 9.17) is 0 Å². The van der Waals surface area contributed by atoms with Gasteiger partial charge in [0.25, 0.3) is 0 Å². The highest BCUT2D eigenvalue weighted by molar-refractivity contribution is 7.98. The number of thioether (sulfide) groups is 1. The lowest BCUT2D eigenvalue weighted by atomic mass is 9.97. The molecule has 0 aliphatic carbocycles. The Morgan fingerprint density at radius 2 is 1.86 bits per heavy atom. The molecular weight excluding hydrogens is 501 g/mol. The molecule has 192 valence electrons. The third kappa shape index (κ3) is 5.56. The minimum atomic E-state index is -4.40. The third-order valence-electron chi connectivity index (χ3n) is 6.47. The fourth-order valence-corrected chi connectivity index (χ4v) is 4.88. The number of alkyl halides is 3. The van der Waals surface area contributed by atoms with Crippen molar-refractivity contribution >= 4 is 34.5 Å². The number of halogens is 3. The van der Waals surface area contributed by atoms with Gasteiger partial charge in [0.1, 0.15) is 12.1 Å². The maximum absolute atomic E-state index is 13.0. The molecule has 0 saturated carbocycles. The van der Waals surface area contributed by atoms with E-state index in [9.17, 15) is 18.0 Å². The summed E-state index contributed by atoms with van der Waals surface area (Å²) in [6.07, 6.45) is 2.38. The Morgan fingerprint density at radius 3 is 2.57 bits per heavy atom. The van der Waals surface area contributed by atoms with Crippen LogP contribution in [0.4, 0.5) is 19.0 Å². The number of carbonyl (C=O) groups is 1. The zero-order chi connectivity index (χ0) is 26.0. The molecule has 1 atom stereocenters. The summed E-state index contributed by atoms with van der Waals surface area (Å²) in [5.74, 6) is 0.479. The Hall–Kier alpha value is -3.60. The monoisotopic (exact) mass is 526 g/mol. The number of nitrogens with one attached hydrogen (secondary N) is 1. The SMILES string of the molecule is CSc1ccc(CNC(=O)[C@@H]2CCCN(c3ncnc4nn(-c5ccc(C(F)(F)F)cc5)cc34)C2)cc1. The van der Waals surface area contributed by atoms with Gasteiger partial charge in [0.2, 0.25) is 5.91 Å². The van der Waals surface area contributed by atoms with Crippen molar-refractivity contribution in [2.45, 2.75) is 30.5 Å².